The maximum atomic E-state index is 13.1. The number of likely N-dealkylation sites (tertiary alicyclic amines) is 1. The molecule has 3 aromatic rings. The van der Waals surface area contributed by atoms with E-state index in [1.54, 1.807) is 10.6 Å². The Kier molecular flexibility index (Phi) is 3.92. The lowest BCUT2D eigenvalue weighted by molar-refractivity contribution is 0.0643. The highest BCUT2D eigenvalue weighted by Gasteiger charge is 2.35. The van der Waals surface area contributed by atoms with E-state index < -0.39 is 0 Å². The standard InChI is InChI=1S/C19H19N3O2S/c1-19(14-6-3-2-4-7-14)8-5-9-21(13-19)17(24)15-12-16(23)20-18-22(15)10-11-25-18/h2-4,6-7,10-12H,5,8-9,13H2,1H3/t19-/m0/s1. The number of hydrogen-bond donors (Lipinski definition) is 0. The molecule has 1 aliphatic heterocycles. The summed E-state index contributed by atoms with van der Waals surface area (Å²) in [7, 11) is 0. The number of fused-ring (bicyclic) bond motifs is 1. The number of benzene rings is 1. The van der Waals surface area contributed by atoms with E-state index in [1.807, 2.05) is 28.5 Å². The molecule has 1 atom stereocenters. The highest BCUT2D eigenvalue weighted by atomic mass is 32.1. The Balaban J connectivity index is 1.68. The van der Waals surface area contributed by atoms with E-state index in [9.17, 15) is 9.59 Å². The van der Waals surface area contributed by atoms with Gasteiger partial charge in [0.1, 0.15) is 5.69 Å². The number of carbonyl (C=O) groups excluding carboxylic acids is 1. The van der Waals surface area contributed by atoms with Crippen LogP contribution in [0.4, 0.5) is 0 Å². The van der Waals surface area contributed by atoms with Crippen LogP contribution < -0.4 is 5.56 Å². The summed E-state index contributed by atoms with van der Waals surface area (Å²) in [5.74, 6) is -0.102. The molecule has 128 valence electrons. The van der Waals surface area contributed by atoms with Crippen molar-refractivity contribution in [3.05, 3.63) is 69.6 Å². The molecule has 1 aromatic carbocycles. The van der Waals surface area contributed by atoms with Crippen molar-refractivity contribution in [1.29, 1.82) is 0 Å². The Hall–Kier alpha value is -2.47. The normalized spacial score (nSPS) is 20.8. The largest absolute Gasteiger partial charge is 0.336 e. The summed E-state index contributed by atoms with van der Waals surface area (Å²) in [6.45, 7) is 3.57. The van der Waals surface area contributed by atoms with Crippen molar-refractivity contribution in [3.8, 4) is 0 Å². The van der Waals surface area contributed by atoms with Crippen LogP contribution in [0.25, 0.3) is 4.96 Å². The van der Waals surface area contributed by atoms with Crippen LogP contribution in [0.2, 0.25) is 0 Å². The molecule has 0 radical (unpaired) electrons. The lowest BCUT2D eigenvalue weighted by Crippen LogP contribution is -2.47. The van der Waals surface area contributed by atoms with Crippen LogP contribution in [0.3, 0.4) is 0 Å². The number of aromatic nitrogens is 2. The fourth-order valence-electron chi connectivity index (χ4n) is 3.67. The molecule has 0 aliphatic carbocycles. The van der Waals surface area contributed by atoms with Crippen LogP contribution in [0.1, 0.15) is 35.8 Å². The van der Waals surface area contributed by atoms with Gasteiger partial charge in [0.05, 0.1) is 0 Å². The first-order valence-electron chi connectivity index (χ1n) is 8.39. The zero-order chi connectivity index (χ0) is 17.4. The summed E-state index contributed by atoms with van der Waals surface area (Å²) < 4.78 is 1.71. The molecule has 5 nitrogen and oxygen atoms in total. The Bertz CT molecular complexity index is 979. The van der Waals surface area contributed by atoms with E-state index in [1.165, 1.54) is 23.0 Å². The average Bonchev–Trinajstić information content (AvgIpc) is 3.09. The number of carbonyl (C=O) groups is 1. The number of thiazole rings is 1. The molecule has 0 unspecified atom stereocenters. The van der Waals surface area contributed by atoms with Gasteiger partial charge in [-0.05, 0) is 18.4 Å². The van der Waals surface area contributed by atoms with Crippen LogP contribution in [-0.2, 0) is 5.41 Å². The third-order valence-electron chi connectivity index (χ3n) is 4.99. The van der Waals surface area contributed by atoms with Gasteiger partial charge in [-0.3, -0.25) is 14.0 Å². The SMILES string of the molecule is C[C@]1(c2ccccc2)CCCN(C(=O)c2cc(=O)nc3sccn23)C1. The Labute approximate surface area is 149 Å². The summed E-state index contributed by atoms with van der Waals surface area (Å²) >= 11 is 1.36. The number of amides is 1. The molecule has 0 spiro atoms. The molecule has 0 bridgehead atoms. The summed E-state index contributed by atoms with van der Waals surface area (Å²) in [6, 6.07) is 11.7. The molecule has 1 amide bonds. The second kappa shape index (κ2) is 6.11. The second-order valence-electron chi connectivity index (χ2n) is 6.79. The van der Waals surface area contributed by atoms with Crippen molar-refractivity contribution < 1.29 is 4.79 Å². The third kappa shape index (κ3) is 2.87. The van der Waals surface area contributed by atoms with E-state index in [2.05, 4.69) is 24.0 Å². The van der Waals surface area contributed by atoms with Crippen LogP contribution in [0.15, 0.2) is 52.8 Å². The molecule has 0 saturated carbocycles. The summed E-state index contributed by atoms with van der Waals surface area (Å²) in [5.41, 5.74) is 1.21. The second-order valence-corrected chi connectivity index (χ2v) is 7.67. The smallest absolute Gasteiger partial charge is 0.274 e. The first-order chi connectivity index (χ1) is 12.1. The van der Waals surface area contributed by atoms with E-state index in [-0.39, 0.29) is 16.9 Å². The number of nitrogens with zero attached hydrogens (tertiary/aromatic N) is 3. The quantitative estimate of drug-likeness (QED) is 0.712. The Morgan fingerprint density at radius 1 is 1.28 bits per heavy atom. The van der Waals surface area contributed by atoms with Gasteiger partial charge in [-0.2, -0.15) is 4.98 Å². The highest BCUT2D eigenvalue weighted by molar-refractivity contribution is 7.15. The first kappa shape index (κ1) is 16.0. The molecule has 1 aliphatic rings. The van der Waals surface area contributed by atoms with Crippen molar-refractivity contribution in [3.63, 3.8) is 0 Å². The minimum atomic E-state index is -0.367. The van der Waals surface area contributed by atoms with Gasteiger partial charge < -0.3 is 4.90 Å². The van der Waals surface area contributed by atoms with Gasteiger partial charge in [0.15, 0.2) is 4.96 Å². The number of piperidine rings is 1. The fraction of sp³-hybridized carbons (Fsp3) is 0.316. The molecule has 25 heavy (non-hydrogen) atoms. The summed E-state index contributed by atoms with van der Waals surface area (Å²) in [6.07, 6.45) is 3.79. The molecule has 2 aromatic heterocycles. The molecule has 6 heteroatoms. The van der Waals surface area contributed by atoms with Gasteiger partial charge in [0.25, 0.3) is 11.5 Å². The number of hydrogen-bond acceptors (Lipinski definition) is 4. The summed E-state index contributed by atoms with van der Waals surface area (Å²) in [4.78, 5) is 31.4. The Morgan fingerprint density at radius 2 is 2.08 bits per heavy atom. The minimum Gasteiger partial charge on any atom is -0.336 e. The van der Waals surface area contributed by atoms with Gasteiger partial charge >= 0.3 is 0 Å². The lowest BCUT2D eigenvalue weighted by Gasteiger charge is -2.41. The van der Waals surface area contributed by atoms with Crippen molar-refractivity contribution in [1.82, 2.24) is 14.3 Å². The van der Waals surface area contributed by atoms with Crippen LogP contribution >= 0.6 is 11.3 Å². The van der Waals surface area contributed by atoms with E-state index in [0.717, 1.165) is 12.8 Å². The minimum absolute atomic E-state index is 0.0685. The number of rotatable bonds is 2. The Morgan fingerprint density at radius 3 is 2.88 bits per heavy atom. The van der Waals surface area contributed by atoms with Gasteiger partial charge in [0, 0.05) is 36.1 Å². The van der Waals surface area contributed by atoms with Crippen molar-refractivity contribution in [2.24, 2.45) is 0 Å². The van der Waals surface area contributed by atoms with Crippen LogP contribution in [0, 0.1) is 0 Å². The van der Waals surface area contributed by atoms with Crippen molar-refractivity contribution in [2.75, 3.05) is 13.1 Å². The maximum absolute atomic E-state index is 13.1. The lowest BCUT2D eigenvalue weighted by atomic mass is 9.76. The summed E-state index contributed by atoms with van der Waals surface area (Å²) in [5, 5.41) is 1.84. The van der Waals surface area contributed by atoms with Crippen molar-refractivity contribution >= 4 is 22.2 Å². The van der Waals surface area contributed by atoms with Crippen molar-refractivity contribution in [2.45, 2.75) is 25.2 Å². The zero-order valence-electron chi connectivity index (χ0n) is 14.0. The first-order valence-corrected chi connectivity index (χ1v) is 9.26. The van der Waals surface area contributed by atoms with E-state index in [0.29, 0.717) is 23.7 Å². The van der Waals surface area contributed by atoms with Crippen LogP contribution in [-0.4, -0.2) is 33.3 Å². The fourth-order valence-corrected chi connectivity index (χ4v) is 4.38. The topological polar surface area (TPSA) is 54.7 Å². The molecular formula is C19H19N3O2S. The highest BCUT2D eigenvalue weighted by Crippen LogP contribution is 2.34. The van der Waals surface area contributed by atoms with Gasteiger partial charge in [-0.25, -0.2) is 0 Å². The van der Waals surface area contributed by atoms with Gasteiger partial charge in [-0.1, -0.05) is 37.3 Å². The predicted molar refractivity (Wildman–Crippen MR) is 98.3 cm³/mol. The van der Waals surface area contributed by atoms with Gasteiger partial charge in [-0.15, -0.1) is 11.3 Å². The monoisotopic (exact) mass is 353 g/mol. The van der Waals surface area contributed by atoms with E-state index in [4.69, 9.17) is 0 Å². The molecule has 1 saturated heterocycles. The maximum Gasteiger partial charge on any atom is 0.274 e. The average molecular weight is 353 g/mol. The van der Waals surface area contributed by atoms with E-state index >= 15 is 0 Å². The zero-order valence-corrected chi connectivity index (χ0v) is 14.8. The third-order valence-corrected chi connectivity index (χ3v) is 5.75. The molecule has 3 heterocycles. The predicted octanol–water partition coefficient (Wildman–Crippen LogP) is 2.95. The molecule has 0 N–H and O–H groups in total. The molecular weight excluding hydrogens is 334 g/mol. The van der Waals surface area contributed by atoms with Crippen LogP contribution in [0.5, 0.6) is 0 Å². The van der Waals surface area contributed by atoms with Gasteiger partial charge in [0.2, 0.25) is 0 Å². The molecule has 1 fully saturated rings. The molecule has 4 rings (SSSR count).